The molecule has 0 aliphatic rings. The minimum atomic E-state index is 0.372. The SMILES string of the molecule is CC(C)c1cccc(NC(N)=NCc2cnn(C)n2)c1. The van der Waals surface area contributed by atoms with Crippen LogP contribution < -0.4 is 11.1 Å². The fourth-order valence-electron chi connectivity index (χ4n) is 1.79. The summed E-state index contributed by atoms with van der Waals surface area (Å²) in [5, 5.41) is 11.2. The first-order valence-corrected chi connectivity index (χ1v) is 6.56. The Morgan fingerprint density at radius 3 is 2.90 bits per heavy atom. The molecule has 0 atom stereocenters. The number of nitrogens with two attached hydrogens (primary N) is 1. The predicted molar refractivity (Wildman–Crippen MR) is 80.5 cm³/mol. The average Bonchev–Trinajstić information content (AvgIpc) is 2.82. The van der Waals surface area contributed by atoms with Gasteiger partial charge in [0.2, 0.25) is 0 Å². The molecule has 3 N–H and O–H groups in total. The Hall–Kier alpha value is -2.37. The normalized spacial score (nSPS) is 11.9. The first-order valence-electron chi connectivity index (χ1n) is 6.56. The Morgan fingerprint density at radius 2 is 2.25 bits per heavy atom. The number of anilines is 1. The van der Waals surface area contributed by atoms with Crippen molar-refractivity contribution >= 4 is 11.6 Å². The summed E-state index contributed by atoms with van der Waals surface area (Å²) in [5.74, 6) is 0.853. The van der Waals surface area contributed by atoms with Crippen LogP contribution in [0.25, 0.3) is 0 Å². The number of hydrogen-bond acceptors (Lipinski definition) is 3. The second-order valence-electron chi connectivity index (χ2n) is 4.93. The van der Waals surface area contributed by atoms with E-state index in [0.717, 1.165) is 11.4 Å². The van der Waals surface area contributed by atoms with Gasteiger partial charge in [-0.25, -0.2) is 4.99 Å². The van der Waals surface area contributed by atoms with Crippen molar-refractivity contribution < 1.29 is 0 Å². The molecule has 106 valence electrons. The van der Waals surface area contributed by atoms with E-state index in [1.54, 1.807) is 13.2 Å². The Balaban J connectivity index is 2.00. The molecule has 0 aliphatic carbocycles. The standard InChI is InChI=1S/C14H20N6/c1-10(2)11-5-4-6-12(7-11)18-14(15)16-8-13-9-17-20(3)19-13/h4-7,9-10H,8H2,1-3H3,(H3,15,16,18). The lowest BCUT2D eigenvalue weighted by molar-refractivity contribution is 0.645. The van der Waals surface area contributed by atoms with Crippen LogP contribution in [0.1, 0.15) is 31.0 Å². The largest absolute Gasteiger partial charge is 0.370 e. The Bertz CT molecular complexity index is 599. The van der Waals surface area contributed by atoms with Gasteiger partial charge in [0.1, 0.15) is 5.69 Å². The summed E-state index contributed by atoms with van der Waals surface area (Å²) in [4.78, 5) is 5.75. The molecule has 1 aromatic carbocycles. The van der Waals surface area contributed by atoms with E-state index < -0.39 is 0 Å². The molecule has 0 bridgehead atoms. The van der Waals surface area contributed by atoms with Crippen molar-refractivity contribution in [3.05, 3.63) is 41.7 Å². The molecule has 0 saturated carbocycles. The summed E-state index contributed by atoms with van der Waals surface area (Å²) < 4.78 is 0. The fraction of sp³-hybridized carbons (Fsp3) is 0.357. The van der Waals surface area contributed by atoms with E-state index in [2.05, 4.69) is 46.5 Å². The second kappa shape index (κ2) is 6.18. The van der Waals surface area contributed by atoms with Crippen LogP contribution in [0.15, 0.2) is 35.5 Å². The molecule has 20 heavy (non-hydrogen) atoms. The van der Waals surface area contributed by atoms with Crippen molar-refractivity contribution in [2.24, 2.45) is 17.8 Å². The molecule has 0 saturated heterocycles. The molecule has 6 nitrogen and oxygen atoms in total. The van der Waals surface area contributed by atoms with Crippen LogP contribution in [0.5, 0.6) is 0 Å². The van der Waals surface area contributed by atoms with E-state index in [1.165, 1.54) is 10.4 Å². The third kappa shape index (κ3) is 3.81. The zero-order valence-corrected chi connectivity index (χ0v) is 12.0. The molecule has 6 heteroatoms. The van der Waals surface area contributed by atoms with Crippen molar-refractivity contribution in [2.75, 3.05) is 5.32 Å². The lowest BCUT2D eigenvalue weighted by Crippen LogP contribution is -2.22. The monoisotopic (exact) mass is 272 g/mol. The van der Waals surface area contributed by atoms with Gasteiger partial charge in [-0.05, 0) is 23.6 Å². The summed E-state index contributed by atoms with van der Waals surface area (Å²) in [6.07, 6.45) is 1.68. The van der Waals surface area contributed by atoms with E-state index >= 15 is 0 Å². The number of benzene rings is 1. The first-order chi connectivity index (χ1) is 9.54. The maximum Gasteiger partial charge on any atom is 0.193 e. The van der Waals surface area contributed by atoms with E-state index in [0.29, 0.717) is 18.4 Å². The van der Waals surface area contributed by atoms with Crippen molar-refractivity contribution in [1.82, 2.24) is 15.0 Å². The highest BCUT2D eigenvalue weighted by molar-refractivity contribution is 5.92. The minimum absolute atomic E-state index is 0.372. The molecule has 1 heterocycles. The molecule has 2 rings (SSSR count). The highest BCUT2D eigenvalue weighted by Gasteiger charge is 2.02. The number of guanidine groups is 1. The molecule has 0 spiro atoms. The number of aryl methyl sites for hydroxylation is 1. The summed E-state index contributed by atoms with van der Waals surface area (Å²) in [6.45, 7) is 4.73. The predicted octanol–water partition coefficient (Wildman–Crippen LogP) is 1.87. The molecule has 2 aromatic rings. The van der Waals surface area contributed by atoms with Crippen LogP contribution in [0.4, 0.5) is 5.69 Å². The maximum atomic E-state index is 5.87. The summed E-state index contributed by atoms with van der Waals surface area (Å²) >= 11 is 0. The van der Waals surface area contributed by atoms with Crippen LogP contribution in [-0.4, -0.2) is 21.0 Å². The van der Waals surface area contributed by atoms with E-state index in [1.807, 2.05) is 12.1 Å². The van der Waals surface area contributed by atoms with Crippen molar-refractivity contribution in [2.45, 2.75) is 26.3 Å². The summed E-state index contributed by atoms with van der Waals surface area (Å²) in [7, 11) is 1.77. The average molecular weight is 272 g/mol. The van der Waals surface area contributed by atoms with Crippen molar-refractivity contribution in [1.29, 1.82) is 0 Å². The van der Waals surface area contributed by atoms with Crippen molar-refractivity contribution in [3.63, 3.8) is 0 Å². The fourth-order valence-corrected chi connectivity index (χ4v) is 1.79. The number of nitrogens with one attached hydrogen (secondary N) is 1. The zero-order chi connectivity index (χ0) is 14.5. The van der Waals surface area contributed by atoms with Gasteiger partial charge < -0.3 is 11.1 Å². The van der Waals surface area contributed by atoms with Crippen LogP contribution in [-0.2, 0) is 13.6 Å². The highest BCUT2D eigenvalue weighted by atomic mass is 15.4. The minimum Gasteiger partial charge on any atom is -0.370 e. The smallest absolute Gasteiger partial charge is 0.193 e. The number of aliphatic imine (C=N–C) groups is 1. The summed E-state index contributed by atoms with van der Waals surface area (Å²) in [5.41, 5.74) is 8.86. The molecule has 0 radical (unpaired) electrons. The van der Waals surface area contributed by atoms with Crippen LogP contribution in [0.2, 0.25) is 0 Å². The Labute approximate surface area is 118 Å². The van der Waals surface area contributed by atoms with E-state index in [-0.39, 0.29) is 0 Å². The molecule has 0 fully saturated rings. The van der Waals surface area contributed by atoms with Crippen LogP contribution >= 0.6 is 0 Å². The van der Waals surface area contributed by atoms with Gasteiger partial charge >= 0.3 is 0 Å². The molecule has 0 amide bonds. The van der Waals surface area contributed by atoms with Crippen molar-refractivity contribution in [3.8, 4) is 0 Å². The second-order valence-corrected chi connectivity index (χ2v) is 4.93. The number of rotatable bonds is 4. The number of hydrogen-bond donors (Lipinski definition) is 2. The van der Waals surface area contributed by atoms with Gasteiger partial charge in [0, 0.05) is 12.7 Å². The molecule has 0 aliphatic heterocycles. The van der Waals surface area contributed by atoms with Gasteiger partial charge in [0.05, 0.1) is 12.7 Å². The highest BCUT2D eigenvalue weighted by Crippen LogP contribution is 2.18. The molecular weight excluding hydrogens is 252 g/mol. The van der Waals surface area contributed by atoms with Gasteiger partial charge in [-0.15, -0.1) is 0 Å². The Morgan fingerprint density at radius 1 is 1.45 bits per heavy atom. The van der Waals surface area contributed by atoms with Gasteiger partial charge in [0.15, 0.2) is 5.96 Å². The van der Waals surface area contributed by atoms with E-state index in [4.69, 9.17) is 5.73 Å². The maximum absolute atomic E-state index is 5.87. The number of nitrogens with zero attached hydrogens (tertiary/aromatic N) is 4. The Kier molecular flexibility index (Phi) is 4.34. The zero-order valence-electron chi connectivity index (χ0n) is 12.0. The topological polar surface area (TPSA) is 81.1 Å². The molecule has 0 unspecified atom stereocenters. The lowest BCUT2D eigenvalue weighted by Gasteiger charge is -2.09. The van der Waals surface area contributed by atoms with E-state index in [9.17, 15) is 0 Å². The van der Waals surface area contributed by atoms with Gasteiger partial charge in [0.25, 0.3) is 0 Å². The van der Waals surface area contributed by atoms with Gasteiger partial charge in [-0.1, -0.05) is 26.0 Å². The lowest BCUT2D eigenvalue weighted by atomic mass is 10.0. The molecule has 1 aromatic heterocycles. The van der Waals surface area contributed by atoms with Gasteiger partial charge in [-0.3, -0.25) is 0 Å². The van der Waals surface area contributed by atoms with Crippen LogP contribution in [0, 0.1) is 0 Å². The third-order valence-electron chi connectivity index (χ3n) is 2.88. The quantitative estimate of drug-likeness (QED) is 0.657. The van der Waals surface area contributed by atoms with Gasteiger partial charge in [-0.2, -0.15) is 15.0 Å². The molecular formula is C14H20N6. The van der Waals surface area contributed by atoms with Crippen LogP contribution in [0.3, 0.4) is 0 Å². The number of aromatic nitrogens is 3. The third-order valence-corrected chi connectivity index (χ3v) is 2.88. The summed E-state index contributed by atoms with van der Waals surface area (Å²) in [6, 6.07) is 8.16. The first kappa shape index (κ1) is 14.0.